The lowest BCUT2D eigenvalue weighted by atomic mass is 10.1. The zero-order valence-corrected chi connectivity index (χ0v) is 12.0. The summed E-state index contributed by atoms with van der Waals surface area (Å²) in [6, 6.07) is 8.03. The van der Waals surface area contributed by atoms with Gasteiger partial charge in [0.2, 0.25) is 0 Å². The number of aryl methyl sites for hydroxylation is 2. The number of rotatable bonds is 5. The Morgan fingerprint density at radius 3 is 2.62 bits per heavy atom. The van der Waals surface area contributed by atoms with Crippen molar-refractivity contribution in [3.05, 3.63) is 47.3 Å². The third kappa shape index (κ3) is 3.10. The number of carboxylic acid groups (broad SMARTS) is 1. The fourth-order valence-electron chi connectivity index (χ4n) is 2.03. The number of carbonyl (C=O) groups excluding carboxylic acids is 1. The molecule has 2 rings (SSSR count). The van der Waals surface area contributed by atoms with Crippen LogP contribution in [-0.2, 0) is 13.0 Å². The van der Waals surface area contributed by atoms with E-state index >= 15 is 0 Å². The number of aromatic carboxylic acids is 1. The summed E-state index contributed by atoms with van der Waals surface area (Å²) < 4.78 is 1.61. The molecule has 110 valence electrons. The summed E-state index contributed by atoms with van der Waals surface area (Å²) in [6.45, 7) is 4.43. The first-order valence-electron chi connectivity index (χ1n) is 6.77. The number of carbonyl (C=O) groups is 2. The largest absolute Gasteiger partial charge is 0.478 e. The summed E-state index contributed by atoms with van der Waals surface area (Å²) in [7, 11) is 0. The predicted molar refractivity (Wildman–Crippen MR) is 78.6 cm³/mol. The Labute approximate surface area is 122 Å². The van der Waals surface area contributed by atoms with E-state index in [9.17, 15) is 9.59 Å². The van der Waals surface area contributed by atoms with Crippen LogP contribution in [0.25, 0.3) is 0 Å². The zero-order valence-electron chi connectivity index (χ0n) is 12.0. The van der Waals surface area contributed by atoms with E-state index in [0.717, 1.165) is 12.1 Å². The molecule has 6 nitrogen and oxygen atoms in total. The van der Waals surface area contributed by atoms with Crippen molar-refractivity contribution in [3.63, 3.8) is 0 Å². The molecule has 1 aromatic carbocycles. The smallest absolute Gasteiger partial charge is 0.337 e. The van der Waals surface area contributed by atoms with E-state index in [1.165, 1.54) is 6.07 Å². The van der Waals surface area contributed by atoms with E-state index in [4.69, 9.17) is 5.11 Å². The maximum Gasteiger partial charge on any atom is 0.337 e. The van der Waals surface area contributed by atoms with Crippen molar-refractivity contribution in [1.82, 2.24) is 9.78 Å². The second kappa shape index (κ2) is 6.21. The second-order valence-corrected chi connectivity index (χ2v) is 4.50. The number of hydrogen-bond acceptors (Lipinski definition) is 3. The van der Waals surface area contributed by atoms with Crippen LogP contribution >= 0.6 is 0 Å². The van der Waals surface area contributed by atoms with Crippen LogP contribution in [0.3, 0.4) is 0 Å². The van der Waals surface area contributed by atoms with Crippen molar-refractivity contribution in [2.24, 2.45) is 0 Å². The van der Waals surface area contributed by atoms with Gasteiger partial charge in [0.05, 0.1) is 16.9 Å². The van der Waals surface area contributed by atoms with Gasteiger partial charge in [-0.05, 0) is 31.5 Å². The molecule has 0 radical (unpaired) electrons. The summed E-state index contributed by atoms with van der Waals surface area (Å²) in [4.78, 5) is 23.5. The van der Waals surface area contributed by atoms with E-state index in [-0.39, 0.29) is 17.2 Å². The highest BCUT2D eigenvalue weighted by molar-refractivity contribution is 6.06. The molecule has 0 aliphatic rings. The summed E-state index contributed by atoms with van der Waals surface area (Å²) in [5.41, 5.74) is 1.59. The van der Waals surface area contributed by atoms with Gasteiger partial charge in [0.25, 0.3) is 5.91 Å². The molecule has 0 aliphatic carbocycles. The standard InChI is InChI=1S/C15H17N3O3/c1-3-10-9-13(18(4-2)17-10)14(19)16-12-8-6-5-7-11(12)15(20)21/h5-9H,3-4H2,1-2H3,(H,16,19)(H,20,21). The van der Waals surface area contributed by atoms with Gasteiger partial charge in [-0.15, -0.1) is 0 Å². The lowest BCUT2D eigenvalue weighted by Crippen LogP contribution is -2.18. The van der Waals surface area contributed by atoms with Crippen LogP contribution in [-0.4, -0.2) is 26.8 Å². The van der Waals surface area contributed by atoms with Gasteiger partial charge in [0.1, 0.15) is 5.69 Å². The van der Waals surface area contributed by atoms with E-state index in [0.29, 0.717) is 12.2 Å². The van der Waals surface area contributed by atoms with Crippen molar-refractivity contribution in [2.75, 3.05) is 5.32 Å². The fourth-order valence-corrected chi connectivity index (χ4v) is 2.03. The molecule has 2 aromatic rings. The number of amides is 1. The molecule has 0 unspecified atom stereocenters. The van der Waals surface area contributed by atoms with Gasteiger partial charge < -0.3 is 10.4 Å². The van der Waals surface area contributed by atoms with E-state index < -0.39 is 5.97 Å². The number of anilines is 1. The Hall–Kier alpha value is -2.63. The van der Waals surface area contributed by atoms with Crippen LogP contribution in [0.5, 0.6) is 0 Å². The Bertz CT molecular complexity index is 677. The Morgan fingerprint density at radius 2 is 2.00 bits per heavy atom. The zero-order chi connectivity index (χ0) is 15.4. The third-order valence-corrected chi connectivity index (χ3v) is 3.13. The number of aromatic nitrogens is 2. The van der Waals surface area contributed by atoms with Crippen molar-refractivity contribution >= 4 is 17.6 Å². The number of carboxylic acids is 1. The third-order valence-electron chi connectivity index (χ3n) is 3.13. The topological polar surface area (TPSA) is 84.2 Å². The molecule has 21 heavy (non-hydrogen) atoms. The lowest BCUT2D eigenvalue weighted by Gasteiger charge is -2.09. The van der Waals surface area contributed by atoms with Crippen molar-refractivity contribution in [1.29, 1.82) is 0 Å². The molecule has 1 aromatic heterocycles. The molecule has 0 bridgehead atoms. The maximum atomic E-state index is 12.3. The van der Waals surface area contributed by atoms with Crippen LogP contribution in [0.1, 0.15) is 40.4 Å². The Kier molecular flexibility index (Phi) is 4.37. The van der Waals surface area contributed by atoms with E-state index in [1.54, 1.807) is 28.9 Å². The molecule has 0 saturated heterocycles. The van der Waals surface area contributed by atoms with Gasteiger partial charge in [-0.2, -0.15) is 5.10 Å². The minimum Gasteiger partial charge on any atom is -0.478 e. The minimum absolute atomic E-state index is 0.0594. The van der Waals surface area contributed by atoms with Crippen LogP contribution in [0, 0.1) is 0 Å². The Morgan fingerprint density at radius 1 is 1.29 bits per heavy atom. The first kappa shape index (κ1) is 14.8. The summed E-state index contributed by atoms with van der Waals surface area (Å²) >= 11 is 0. The molecule has 0 spiro atoms. The predicted octanol–water partition coefficient (Wildman–Crippen LogP) is 2.42. The molecule has 1 heterocycles. The van der Waals surface area contributed by atoms with Crippen molar-refractivity contribution < 1.29 is 14.7 Å². The van der Waals surface area contributed by atoms with Crippen LogP contribution in [0.15, 0.2) is 30.3 Å². The number of hydrogen-bond donors (Lipinski definition) is 2. The molecule has 6 heteroatoms. The molecule has 2 N–H and O–H groups in total. The summed E-state index contributed by atoms with van der Waals surface area (Å²) in [6.07, 6.45) is 0.735. The van der Waals surface area contributed by atoms with E-state index in [2.05, 4.69) is 10.4 Å². The molecule has 1 amide bonds. The number of benzene rings is 1. The molecule has 0 saturated carbocycles. The van der Waals surface area contributed by atoms with E-state index in [1.807, 2.05) is 13.8 Å². The monoisotopic (exact) mass is 287 g/mol. The first-order chi connectivity index (χ1) is 10.1. The molecule has 0 atom stereocenters. The quantitative estimate of drug-likeness (QED) is 0.884. The average molecular weight is 287 g/mol. The number of nitrogens with one attached hydrogen (secondary N) is 1. The van der Waals surface area contributed by atoms with Crippen molar-refractivity contribution in [3.8, 4) is 0 Å². The average Bonchev–Trinajstić information content (AvgIpc) is 2.91. The molecular formula is C15H17N3O3. The van der Waals surface area contributed by atoms with Crippen LogP contribution in [0.4, 0.5) is 5.69 Å². The number of nitrogens with zero attached hydrogens (tertiary/aromatic N) is 2. The fraction of sp³-hybridized carbons (Fsp3) is 0.267. The van der Waals surface area contributed by atoms with Gasteiger partial charge >= 0.3 is 5.97 Å². The highest BCUT2D eigenvalue weighted by atomic mass is 16.4. The van der Waals surface area contributed by atoms with Crippen molar-refractivity contribution in [2.45, 2.75) is 26.8 Å². The lowest BCUT2D eigenvalue weighted by molar-refractivity contribution is 0.0698. The van der Waals surface area contributed by atoms with Gasteiger partial charge in [-0.25, -0.2) is 4.79 Å². The normalized spacial score (nSPS) is 10.4. The van der Waals surface area contributed by atoms with Gasteiger partial charge in [-0.1, -0.05) is 19.1 Å². The SMILES string of the molecule is CCc1cc(C(=O)Nc2ccccc2C(=O)O)n(CC)n1. The minimum atomic E-state index is -1.08. The summed E-state index contributed by atoms with van der Waals surface area (Å²) in [5.74, 6) is -1.44. The van der Waals surface area contributed by atoms with Crippen LogP contribution < -0.4 is 5.32 Å². The molecule has 0 fully saturated rings. The van der Waals surface area contributed by atoms with Gasteiger partial charge in [0, 0.05) is 6.54 Å². The molecule has 0 aliphatic heterocycles. The van der Waals surface area contributed by atoms with Crippen LogP contribution in [0.2, 0.25) is 0 Å². The molecular weight excluding hydrogens is 270 g/mol. The first-order valence-corrected chi connectivity index (χ1v) is 6.77. The highest BCUT2D eigenvalue weighted by Gasteiger charge is 2.17. The summed E-state index contributed by atoms with van der Waals surface area (Å²) in [5, 5.41) is 16.1. The van der Waals surface area contributed by atoms with Gasteiger partial charge in [-0.3, -0.25) is 9.48 Å². The highest BCUT2D eigenvalue weighted by Crippen LogP contribution is 2.16. The second-order valence-electron chi connectivity index (χ2n) is 4.50. The Balaban J connectivity index is 2.30. The van der Waals surface area contributed by atoms with Gasteiger partial charge in [0.15, 0.2) is 0 Å². The number of para-hydroxylation sites is 1. The maximum absolute atomic E-state index is 12.3.